The van der Waals surface area contributed by atoms with Gasteiger partial charge in [0.15, 0.2) is 0 Å². The largest absolute Gasteiger partial charge is 0.462 e. The molecule has 0 saturated carbocycles. The Balaban J connectivity index is 3.36. The summed E-state index contributed by atoms with van der Waals surface area (Å²) in [5.41, 5.74) is -0.208. The molecule has 6 nitrogen and oxygen atoms in total. The Hall–Kier alpha value is -1.91. The molecule has 0 fully saturated rings. The van der Waals surface area contributed by atoms with Gasteiger partial charge in [-0.3, -0.25) is 4.55 Å². The summed E-state index contributed by atoms with van der Waals surface area (Å²) in [6.07, 6.45) is 0. The molecule has 0 aliphatic heterocycles. The summed E-state index contributed by atoms with van der Waals surface area (Å²) in [5.74, 6) is -0.811. The maximum absolute atomic E-state index is 11.5. The zero-order chi connectivity index (χ0) is 13.1. The molecule has 0 spiro atoms. The molecule has 0 bridgehead atoms. The predicted octanol–water partition coefficient (Wildman–Crippen LogP) is 0.982. The van der Waals surface area contributed by atoms with E-state index in [0.29, 0.717) is 0 Å². The van der Waals surface area contributed by atoms with E-state index < -0.39 is 21.0 Å². The molecule has 0 aliphatic carbocycles. The van der Waals surface area contributed by atoms with E-state index in [4.69, 9.17) is 9.81 Å². The maximum Gasteiger partial charge on any atom is 0.339 e. The van der Waals surface area contributed by atoms with Gasteiger partial charge in [0.25, 0.3) is 10.1 Å². The van der Waals surface area contributed by atoms with E-state index in [9.17, 15) is 13.2 Å². The fourth-order valence-electron chi connectivity index (χ4n) is 1.16. The second kappa shape index (κ2) is 4.95. The SMILES string of the molecule is CCOC(=O)c1cc(S(=O)(=O)O)ccc1C#N. The Kier molecular flexibility index (Phi) is 3.83. The Bertz CT molecular complexity index is 585. The first kappa shape index (κ1) is 13.2. The van der Waals surface area contributed by atoms with Gasteiger partial charge in [-0.1, -0.05) is 0 Å². The monoisotopic (exact) mass is 255 g/mol. The molecule has 0 amide bonds. The van der Waals surface area contributed by atoms with Crippen molar-refractivity contribution in [3.8, 4) is 6.07 Å². The Morgan fingerprint density at radius 2 is 2.18 bits per heavy atom. The Morgan fingerprint density at radius 3 is 2.65 bits per heavy atom. The third-order valence-electron chi connectivity index (χ3n) is 1.90. The van der Waals surface area contributed by atoms with Crippen molar-refractivity contribution in [1.82, 2.24) is 0 Å². The van der Waals surface area contributed by atoms with Crippen LogP contribution < -0.4 is 0 Å². The van der Waals surface area contributed by atoms with Gasteiger partial charge in [-0.25, -0.2) is 4.79 Å². The third kappa shape index (κ3) is 3.03. The minimum absolute atomic E-state index is 0.0177. The Labute approximate surface area is 98.2 Å². The number of rotatable bonds is 3. The summed E-state index contributed by atoms with van der Waals surface area (Å²) in [6.45, 7) is 1.68. The second-order valence-corrected chi connectivity index (χ2v) is 4.44. The van der Waals surface area contributed by atoms with Crippen molar-refractivity contribution in [1.29, 1.82) is 5.26 Å². The summed E-state index contributed by atoms with van der Waals surface area (Å²) in [6, 6.07) is 4.82. The molecule has 0 saturated heterocycles. The molecule has 1 rings (SSSR count). The molecule has 0 radical (unpaired) electrons. The lowest BCUT2D eigenvalue weighted by Crippen LogP contribution is -2.09. The van der Waals surface area contributed by atoms with E-state index in [2.05, 4.69) is 4.74 Å². The normalized spacial score (nSPS) is 10.6. The minimum Gasteiger partial charge on any atom is -0.462 e. The number of benzene rings is 1. The van der Waals surface area contributed by atoms with Crippen LogP contribution in [0.4, 0.5) is 0 Å². The van der Waals surface area contributed by atoms with Crippen molar-refractivity contribution in [3.63, 3.8) is 0 Å². The van der Waals surface area contributed by atoms with Crippen LogP contribution in [0.3, 0.4) is 0 Å². The highest BCUT2D eigenvalue weighted by molar-refractivity contribution is 7.85. The van der Waals surface area contributed by atoms with Crippen LogP contribution in [0.5, 0.6) is 0 Å². The summed E-state index contributed by atoms with van der Waals surface area (Å²) in [7, 11) is -4.42. The van der Waals surface area contributed by atoms with Crippen molar-refractivity contribution in [2.24, 2.45) is 0 Å². The van der Waals surface area contributed by atoms with E-state index in [1.807, 2.05) is 0 Å². The van der Waals surface area contributed by atoms with Gasteiger partial charge in [0.1, 0.15) is 6.07 Å². The predicted molar refractivity (Wildman–Crippen MR) is 56.9 cm³/mol. The summed E-state index contributed by atoms with van der Waals surface area (Å²) in [4.78, 5) is 11.0. The Morgan fingerprint density at radius 1 is 1.53 bits per heavy atom. The van der Waals surface area contributed by atoms with Crippen LogP contribution in [0, 0.1) is 11.3 Å². The van der Waals surface area contributed by atoms with Crippen LogP contribution in [-0.2, 0) is 14.9 Å². The van der Waals surface area contributed by atoms with Gasteiger partial charge >= 0.3 is 5.97 Å². The van der Waals surface area contributed by atoms with E-state index in [-0.39, 0.29) is 17.7 Å². The van der Waals surface area contributed by atoms with Gasteiger partial charge in [0, 0.05) is 0 Å². The van der Waals surface area contributed by atoms with Gasteiger partial charge in [-0.2, -0.15) is 13.7 Å². The molecule has 0 unspecified atom stereocenters. The first-order valence-electron chi connectivity index (χ1n) is 4.59. The number of ether oxygens (including phenoxy) is 1. The molecule has 0 atom stereocenters. The van der Waals surface area contributed by atoms with Crippen LogP contribution in [0.2, 0.25) is 0 Å². The van der Waals surface area contributed by atoms with Crippen LogP contribution >= 0.6 is 0 Å². The summed E-state index contributed by atoms with van der Waals surface area (Å²) in [5, 5.41) is 8.76. The molecule has 0 aliphatic rings. The third-order valence-corrected chi connectivity index (χ3v) is 2.75. The van der Waals surface area contributed by atoms with Gasteiger partial charge in [0.2, 0.25) is 0 Å². The molecule has 0 aromatic heterocycles. The number of nitrogens with zero attached hydrogens (tertiary/aromatic N) is 1. The number of esters is 1. The second-order valence-electron chi connectivity index (χ2n) is 3.01. The molecule has 17 heavy (non-hydrogen) atoms. The lowest BCUT2D eigenvalue weighted by atomic mass is 10.1. The van der Waals surface area contributed by atoms with Crippen molar-refractivity contribution in [2.75, 3.05) is 6.61 Å². The first-order valence-corrected chi connectivity index (χ1v) is 6.03. The van der Waals surface area contributed by atoms with Gasteiger partial charge < -0.3 is 4.74 Å². The number of carbonyl (C=O) groups is 1. The zero-order valence-electron chi connectivity index (χ0n) is 8.87. The standard InChI is InChI=1S/C10H9NO5S/c1-2-16-10(12)9-5-8(17(13,14)15)4-3-7(9)6-11/h3-5H,2H2,1H3,(H,13,14,15). The fourth-order valence-corrected chi connectivity index (χ4v) is 1.67. The molecule has 90 valence electrons. The van der Waals surface area contributed by atoms with Crippen molar-refractivity contribution in [3.05, 3.63) is 29.3 Å². The summed E-state index contributed by atoms with van der Waals surface area (Å²) < 4.78 is 35.3. The topological polar surface area (TPSA) is 104 Å². The van der Waals surface area contributed by atoms with E-state index in [0.717, 1.165) is 18.2 Å². The average Bonchev–Trinajstić information content (AvgIpc) is 2.27. The molecule has 7 heteroatoms. The number of hydrogen-bond donors (Lipinski definition) is 1. The smallest absolute Gasteiger partial charge is 0.339 e. The fraction of sp³-hybridized carbons (Fsp3) is 0.200. The highest BCUT2D eigenvalue weighted by atomic mass is 32.2. The molecule has 1 aromatic rings. The van der Waals surface area contributed by atoms with E-state index in [1.54, 1.807) is 13.0 Å². The minimum atomic E-state index is -4.42. The highest BCUT2D eigenvalue weighted by Gasteiger charge is 2.17. The van der Waals surface area contributed by atoms with Crippen LogP contribution in [0.25, 0.3) is 0 Å². The van der Waals surface area contributed by atoms with Crippen molar-refractivity contribution >= 4 is 16.1 Å². The number of carbonyl (C=O) groups excluding carboxylic acids is 1. The quantitative estimate of drug-likeness (QED) is 0.637. The van der Waals surface area contributed by atoms with Gasteiger partial charge in [-0.15, -0.1) is 0 Å². The average molecular weight is 255 g/mol. The molecule has 0 heterocycles. The van der Waals surface area contributed by atoms with Crippen LogP contribution in [0.1, 0.15) is 22.8 Å². The zero-order valence-corrected chi connectivity index (χ0v) is 9.69. The van der Waals surface area contributed by atoms with E-state index in [1.165, 1.54) is 0 Å². The highest BCUT2D eigenvalue weighted by Crippen LogP contribution is 2.16. The van der Waals surface area contributed by atoms with Crippen molar-refractivity contribution in [2.45, 2.75) is 11.8 Å². The van der Waals surface area contributed by atoms with Gasteiger partial charge in [-0.05, 0) is 25.1 Å². The number of nitriles is 1. The molecule has 1 aromatic carbocycles. The maximum atomic E-state index is 11.5. The molecular weight excluding hydrogens is 246 g/mol. The molecular formula is C10H9NO5S. The number of hydrogen-bond acceptors (Lipinski definition) is 5. The van der Waals surface area contributed by atoms with Gasteiger partial charge in [0.05, 0.1) is 22.6 Å². The first-order chi connectivity index (χ1) is 7.90. The molecule has 1 N–H and O–H groups in total. The lowest BCUT2D eigenvalue weighted by molar-refractivity contribution is 0.0525. The van der Waals surface area contributed by atoms with Crippen LogP contribution in [0.15, 0.2) is 23.1 Å². The van der Waals surface area contributed by atoms with Crippen molar-refractivity contribution < 1.29 is 22.5 Å². The van der Waals surface area contributed by atoms with Crippen LogP contribution in [-0.4, -0.2) is 25.5 Å². The lowest BCUT2D eigenvalue weighted by Gasteiger charge is -2.05. The summed E-state index contributed by atoms with van der Waals surface area (Å²) >= 11 is 0. The van der Waals surface area contributed by atoms with E-state index >= 15 is 0 Å².